The summed E-state index contributed by atoms with van der Waals surface area (Å²) in [6.07, 6.45) is 3.89. The van der Waals surface area contributed by atoms with E-state index in [1.807, 2.05) is 0 Å². The van der Waals surface area contributed by atoms with Gasteiger partial charge >= 0.3 is 0 Å². The van der Waals surface area contributed by atoms with Gasteiger partial charge in [-0.05, 0) is 29.0 Å². The lowest BCUT2D eigenvalue weighted by atomic mass is 9.82. The highest BCUT2D eigenvalue weighted by atomic mass is 14.9. The van der Waals surface area contributed by atoms with Crippen LogP contribution in [0.3, 0.4) is 0 Å². The second-order valence-corrected chi connectivity index (χ2v) is 5.72. The van der Waals surface area contributed by atoms with Crippen LogP contribution in [0.1, 0.15) is 54.8 Å². The third-order valence-electron chi connectivity index (χ3n) is 4.35. The standard InChI is InChI=1S/C19H23N/c1-2-3-9-16-14-20-19(15-10-5-4-6-11-15)18-13-8-7-12-17(16)18/h4-8,10-13,16,19-20H,2-3,9,14H2,1H3/t16-,19-/m0/s1. The first kappa shape index (κ1) is 13.4. The Morgan fingerprint density at radius 2 is 1.65 bits per heavy atom. The molecule has 0 aliphatic carbocycles. The summed E-state index contributed by atoms with van der Waals surface area (Å²) in [5.41, 5.74) is 4.38. The molecule has 2 aromatic rings. The minimum Gasteiger partial charge on any atom is -0.306 e. The number of benzene rings is 2. The largest absolute Gasteiger partial charge is 0.306 e. The maximum absolute atomic E-state index is 3.75. The molecule has 2 aromatic carbocycles. The maximum atomic E-state index is 3.75. The van der Waals surface area contributed by atoms with Crippen molar-refractivity contribution in [3.63, 3.8) is 0 Å². The summed E-state index contributed by atoms with van der Waals surface area (Å²) in [7, 11) is 0. The molecule has 20 heavy (non-hydrogen) atoms. The average Bonchev–Trinajstić information content (AvgIpc) is 2.53. The second kappa shape index (κ2) is 6.23. The van der Waals surface area contributed by atoms with Crippen LogP contribution in [0.2, 0.25) is 0 Å². The Morgan fingerprint density at radius 1 is 0.950 bits per heavy atom. The van der Waals surface area contributed by atoms with Gasteiger partial charge < -0.3 is 5.32 Å². The number of unbranched alkanes of at least 4 members (excludes halogenated alkanes) is 1. The summed E-state index contributed by atoms with van der Waals surface area (Å²) in [5.74, 6) is 0.672. The molecule has 2 atom stereocenters. The van der Waals surface area contributed by atoms with Crippen LogP contribution >= 0.6 is 0 Å². The predicted octanol–water partition coefficient (Wildman–Crippen LogP) is 4.65. The Balaban J connectivity index is 1.93. The summed E-state index contributed by atoms with van der Waals surface area (Å²) >= 11 is 0. The van der Waals surface area contributed by atoms with E-state index in [4.69, 9.17) is 0 Å². The minimum absolute atomic E-state index is 0.352. The van der Waals surface area contributed by atoms with E-state index in [2.05, 4.69) is 66.8 Å². The van der Waals surface area contributed by atoms with Crippen molar-refractivity contribution in [2.24, 2.45) is 0 Å². The van der Waals surface area contributed by atoms with Crippen molar-refractivity contribution in [2.45, 2.75) is 38.1 Å². The van der Waals surface area contributed by atoms with Crippen molar-refractivity contribution in [3.8, 4) is 0 Å². The average molecular weight is 265 g/mol. The zero-order chi connectivity index (χ0) is 13.8. The van der Waals surface area contributed by atoms with Gasteiger partial charge in [0.15, 0.2) is 0 Å². The molecule has 1 aliphatic rings. The van der Waals surface area contributed by atoms with Crippen LogP contribution < -0.4 is 5.32 Å². The number of hydrogen-bond acceptors (Lipinski definition) is 1. The fourth-order valence-electron chi connectivity index (χ4n) is 3.28. The molecule has 0 unspecified atom stereocenters. The van der Waals surface area contributed by atoms with Crippen LogP contribution in [0.15, 0.2) is 54.6 Å². The van der Waals surface area contributed by atoms with E-state index in [9.17, 15) is 0 Å². The molecule has 104 valence electrons. The lowest BCUT2D eigenvalue weighted by molar-refractivity contribution is 0.464. The molecule has 1 aliphatic heterocycles. The maximum Gasteiger partial charge on any atom is 0.0579 e. The van der Waals surface area contributed by atoms with Gasteiger partial charge in [-0.25, -0.2) is 0 Å². The van der Waals surface area contributed by atoms with Crippen LogP contribution in [0.25, 0.3) is 0 Å². The van der Waals surface area contributed by atoms with Gasteiger partial charge in [-0.3, -0.25) is 0 Å². The first-order valence-corrected chi connectivity index (χ1v) is 7.77. The molecule has 1 nitrogen and oxygen atoms in total. The first-order valence-electron chi connectivity index (χ1n) is 7.77. The number of hydrogen-bond donors (Lipinski definition) is 1. The highest BCUT2D eigenvalue weighted by Gasteiger charge is 2.26. The minimum atomic E-state index is 0.352. The van der Waals surface area contributed by atoms with Crippen LogP contribution in [0, 0.1) is 0 Å². The zero-order valence-electron chi connectivity index (χ0n) is 12.2. The van der Waals surface area contributed by atoms with Gasteiger partial charge in [0.1, 0.15) is 0 Å². The third-order valence-corrected chi connectivity index (χ3v) is 4.35. The van der Waals surface area contributed by atoms with Crippen molar-refractivity contribution < 1.29 is 0 Å². The van der Waals surface area contributed by atoms with E-state index in [1.165, 1.54) is 30.4 Å². The van der Waals surface area contributed by atoms with Gasteiger partial charge in [0.25, 0.3) is 0 Å². The zero-order valence-corrected chi connectivity index (χ0v) is 12.2. The molecule has 3 rings (SSSR count). The molecular formula is C19H23N. The number of nitrogens with one attached hydrogen (secondary N) is 1. The molecule has 1 N–H and O–H groups in total. The molecule has 0 saturated carbocycles. The van der Waals surface area contributed by atoms with Crippen LogP contribution in [0.4, 0.5) is 0 Å². The van der Waals surface area contributed by atoms with Crippen LogP contribution in [0.5, 0.6) is 0 Å². The van der Waals surface area contributed by atoms with Crippen molar-refractivity contribution >= 4 is 0 Å². The van der Waals surface area contributed by atoms with Gasteiger partial charge in [-0.1, -0.05) is 74.4 Å². The van der Waals surface area contributed by atoms with Crippen molar-refractivity contribution in [1.82, 2.24) is 5.32 Å². The van der Waals surface area contributed by atoms with Gasteiger partial charge in [0.2, 0.25) is 0 Å². The van der Waals surface area contributed by atoms with Crippen LogP contribution in [-0.2, 0) is 0 Å². The van der Waals surface area contributed by atoms with E-state index >= 15 is 0 Å². The van der Waals surface area contributed by atoms with Gasteiger partial charge in [0, 0.05) is 6.54 Å². The van der Waals surface area contributed by atoms with Gasteiger partial charge in [-0.2, -0.15) is 0 Å². The Hall–Kier alpha value is -1.60. The number of rotatable bonds is 4. The SMILES string of the molecule is CCCC[C@H]1CN[C@@H](c2ccccc2)c2ccccc21. The first-order chi connectivity index (χ1) is 9.90. The summed E-state index contributed by atoms with van der Waals surface area (Å²) in [4.78, 5) is 0. The molecule has 1 heterocycles. The molecule has 0 amide bonds. The molecule has 0 bridgehead atoms. The summed E-state index contributed by atoms with van der Waals surface area (Å²) < 4.78 is 0. The topological polar surface area (TPSA) is 12.0 Å². The van der Waals surface area contributed by atoms with Crippen LogP contribution in [-0.4, -0.2) is 6.54 Å². The highest BCUT2D eigenvalue weighted by Crippen LogP contribution is 2.35. The van der Waals surface area contributed by atoms with E-state index in [-0.39, 0.29) is 0 Å². The van der Waals surface area contributed by atoms with E-state index in [0.29, 0.717) is 12.0 Å². The van der Waals surface area contributed by atoms with Crippen molar-refractivity contribution in [2.75, 3.05) is 6.54 Å². The molecule has 0 spiro atoms. The fourth-order valence-corrected chi connectivity index (χ4v) is 3.28. The third kappa shape index (κ3) is 2.64. The Bertz CT molecular complexity index is 547. The molecule has 0 fully saturated rings. The monoisotopic (exact) mass is 265 g/mol. The second-order valence-electron chi connectivity index (χ2n) is 5.72. The van der Waals surface area contributed by atoms with Crippen molar-refractivity contribution in [3.05, 3.63) is 71.3 Å². The predicted molar refractivity (Wildman–Crippen MR) is 85.0 cm³/mol. The highest BCUT2D eigenvalue weighted by molar-refractivity contribution is 5.41. The molecule has 1 heteroatoms. The Kier molecular flexibility index (Phi) is 4.17. The van der Waals surface area contributed by atoms with E-state index in [1.54, 1.807) is 5.56 Å². The summed E-state index contributed by atoms with van der Waals surface area (Å²) in [5, 5.41) is 3.75. The smallest absolute Gasteiger partial charge is 0.0579 e. The number of fused-ring (bicyclic) bond motifs is 1. The van der Waals surface area contributed by atoms with E-state index in [0.717, 1.165) is 6.54 Å². The molecule has 0 saturated heterocycles. The fraction of sp³-hybridized carbons (Fsp3) is 0.368. The normalized spacial score (nSPS) is 21.4. The van der Waals surface area contributed by atoms with Crippen molar-refractivity contribution in [1.29, 1.82) is 0 Å². The Morgan fingerprint density at radius 3 is 2.40 bits per heavy atom. The molecular weight excluding hydrogens is 242 g/mol. The lowest BCUT2D eigenvalue weighted by Crippen LogP contribution is -2.33. The molecule has 0 aromatic heterocycles. The van der Waals surface area contributed by atoms with E-state index < -0.39 is 0 Å². The summed E-state index contributed by atoms with van der Waals surface area (Å²) in [6.45, 7) is 3.37. The van der Waals surface area contributed by atoms with Gasteiger partial charge in [0.05, 0.1) is 6.04 Å². The lowest BCUT2D eigenvalue weighted by Gasteiger charge is -2.33. The molecule has 0 radical (unpaired) electrons. The van der Waals surface area contributed by atoms with Gasteiger partial charge in [-0.15, -0.1) is 0 Å². The summed E-state index contributed by atoms with van der Waals surface area (Å²) in [6, 6.07) is 20.1. The quantitative estimate of drug-likeness (QED) is 0.848. The Labute approximate surface area is 122 Å².